The highest BCUT2D eigenvalue weighted by molar-refractivity contribution is 5.95. The lowest BCUT2D eigenvalue weighted by atomic mass is 10.1. The average molecular weight is 290 g/mol. The average Bonchev–Trinajstić information content (AvgIpc) is 2.46. The molecular weight excluding hydrogens is 264 g/mol. The second kappa shape index (κ2) is 6.94. The molecule has 1 aromatic rings. The molecule has 4 nitrogen and oxygen atoms in total. The predicted molar refractivity (Wildman–Crippen MR) is 86.8 cm³/mol. The molecule has 1 saturated heterocycles. The van der Waals surface area contributed by atoms with Gasteiger partial charge in [0.25, 0.3) is 0 Å². The lowest BCUT2D eigenvalue weighted by Gasteiger charge is -2.30. The van der Waals surface area contributed by atoms with Gasteiger partial charge in [0.15, 0.2) is 0 Å². The maximum Gasteiger partial charge on any atom is 0.250 e. The van der Waals surface area contributed by atoms with Crippen LogP contribution >= 0.6 is 0 Å². The summed E-state index contributed by atoms with van der Waals surface area (Å²) in [6.45, 7) is 8.04. The van der Waals surface area contributed by atoms with Crippen molar-refractivity contribution in [2.45, 2.75) is 45.6 Å². The van der Waals surface area contributed by atoms with Crippen LogP contribution in [0, 0.1) is 0 Å². The molecular formula is C17H26N2O2. The SMILES string of the molecule is CC(C)(C)OCC(=O)Nc1ccccc1N1CCCCC1. The molecule has 0 bridgehead atoms. The summed E-state index contributed by atoms with van der Waals surface area (Å²) < 4.78 is 5.52. The van der Waals surface area contributed by atoms with Gasteiger partial charge in [-0.1, -0.05) is 12.1 Å². The number of piperidine rings is 1. The molecule has 4 heteroatoms. The van der Waals surface area contributed by atoms with Crippen LogP contribution in [0.5, 0.6) is 0 Å². The topological polar surface area (TPSA) is 41.6 Å². The molecule has 21 heavy (non-hydrogen) atoms. The summed E-state index contributed by atoms with van der Waals surface area (Å²) in [7, 11) is 0. The number of nitrogens with zero attached hydrogens (tertiary/aromatic N) is 1. The van der Waals surface area contributed by atoms with Gasteiger partial charge in [-0.05, 0) is 52.2 Å². The summed E-state index contributed by atoms with van der Waals surface area (Å²) in [6.07, 6.45) is 3.73. The van der Waals surface area contributed by atoms with Gasteiger partial charge in [-0.25, -0.2) is 0 Å². The van der Waals surface area contributed by atoms with E-state index in [2.05, 4.69) is 16.3 Å². The lowest BCUT2D eigenvalue weighted by molar-refractivity contribution is -0.125. The fraction of sp³-hybridized carbons (Fsp3) is 0.588. The van der Waals surface area contributed by atoms with Crippen molar-refractivity contribution >= 4 is 17.3 Å². The first kappa shape index (κ1) is 15.8. The molecule has 0 atom stereocenters. The summed E-state index contributed by atoms with van der Waals surface area (Å²) in [5.41, 5.74) is 1.69. The number of para-hydroxylation sites is 2. The predicted octanol–water partition coefficient (Wildman–Crippen LogP) is 3.43. The van der Waals surface area contributed by atoms with Crippen LogP contribution in [0.25, 0.3) is 0 Å². The highest BCUT2D eigenvalue weighted by atomic mass is 16.5. The Hall–Kier alpha value is -1.55. The van der Waals surface area contributed by atoms with Gasteiger partial charge in [0.05, 0.1) is 17.0 Å². The quantitative estimate of drug-likeness (QED) is 0.923. The van der Waals surface area contributed by atoms with Gasteiger partial charge in [0.1, 0.15) is 6.61 Å². The van der Waals surface area contributed by atoms with Crippen LogP contribution < -0.4 is 10.2 Å². The number of benzene rings is 1. The van der Waals surface area contributed by atoms with Crippen molar-refractivity contribution in [3.05, 3.63) is 24.3 Å². The molecule has 0 saturated carbocycles. The highest BCUT2D eigenvalue weighted by Crippen LogP contribution is 2.28. The Bertz CT molecular complexity index is 474. The number of hydrogen-bond donors (Lipinski definition) is 1. The molecule has 1 heterocycles. The maximum atomic E-state index is 12.0. The Balaban J connectivity index is 2.01. The standard InChI is InChI=1S/C17H26N2O2/c1-17(2,3)21-13-16(20)18-14-9-5-6-10-15(14)19-11-7-4-8-12-19/h5-6,9-10H,4,7-8,11-13H2,1-3H3,(H,18,20). The molecule has 116 valence electrons. The molecule has 0 radical (unpaired) electrons. The number of hydrogen-bond acceptors (Lipinski definition) is 3. The molecule has 2 rings (SSSR count). The molecule has 1 N–H and O–H groups in total. The summed E-state index contributed by atoms with van der Waals surface area (Å²) >= 11 is 0. The van der Waals surface area contributed by atoms with Crippen LogP contribution in [0.4, 0.5) is 11.4 Å². The number of carbonyl (C=O) groups excluding carboxylic acids is 1. The molecule has 1 fully saturated rings. The highest BCUT2D eigenvalue weighted by Gasteiger charge is 2.17. The monoisotopic (exact) mass is 290 g/mol. The van der Waals surface area contributed by atoms with E-state index < -0.39 is 0 Å². The second-order valence-corrected chi connectivity index (χ2v) is 6.51. The van der Waals surface area contributed by atoms with Crippen molar-refractivity contribution in [1.29, 1.82) is 0 Å². The van der Waals surface area contributed by atoms with Crippen molar-refractivity contribution in [1.82, 2.24) is 0 Å². The third kappa shape index (κ3) is 5.05. The third-order valence-corrected chi connectivity index (χ3v) is 3.51. The first-order chi connectivity index (χ1) is 9.96. The zero-order valence-electron chi connectivity index (χ0n) is 13.3. The van der Waals surface area contributed by atoms with Gasteiger partial charge in [0, 0.05) is 13.1 Å². The van der Waals surface area contributed by atoms with Gasteiger partial charge >= 0.3 is 0 Å². The Kier molecular flexibility index (Phi) is 5.23. The molecule has 1 aliphatic rings. The summed E-state index contributed by atoms with van der Waals surface area (Å²) in [5, 5.41) is 2.97. The Labute approximate surface area is 127 Å². The first-order valence-corrected chi connectivity index (χ1v) is 7.73. The van der Waals surface area contributed by atoms with Crippen molar-refractivity contribution in [2.75, 3.05) is 29.9 Å². The van der Waals surface area contributed by atoms with Gasteiger partial charge in [-0.15, -0.1) is 0 Å². The van der Waals surface area contributed by atoms with Crippen molar-refractivity contribution < 1.29 is 9.53 Å². The Morgan fingerprint density at radius 3 is 2.52 bits per heavy atom. The van der Waals surface area contributed by atoms with Crippen LogP contribution in [0.1, 0.15) is 40.0 Å². The summed E-state index contributed by atoms with van der Waals surface area (Å²) in [5.74, 6) is -0.102. The minimum Gasteiger partial charge on any atom is -0.370 e. The molecule has 1 aromatic carbocycles. The van der Waals surface area contributed by atoms with E-state index in [0.717, 1.165) is 24.5 Å². The largest absolute Gasteiger partial charge is 0.370 e. The van der Waals surface area contributed by atoms with E-state index in [1.807, 2.05) is 39.0 Å². The van der Waals surface area contributed by atoms with Gasteiger partial charge in [-0.2, -0.15) is 0 Å². The smallest absolute Gasteiger partial charge is 0.250 e. The van der Waals surface area contributed by atoms with Crippen LogP contribution in [0.15, 0.2) is 24.3 Å². The van der Waals surface area contributed by atoms with E-state index in [4.69, 9.17) is 4.74 Å². The summed E-state index contributed by atoms with van der Waals surface area (Å²) in [6, 6.07) is 8.00. The normalized spacial score (nSPS) is 15.9. The lowest BCUT2D eigenvalue weighted by Crippen LogP contribution is -2.31. The summed E-state index contributed by atoms with van der Waals surface area (Å²) in [4.78, 5) is 14.4. The number of carbonyl (C=O) groups is 1. The van der Waals surface area contributed by atoms with Crippen molar-refractivity contribution in [2.24, 2.45) is 0 Å². The number of rotatable bonds is 4. The molecule has 1 aliphatic heterocycles. The third-order valence-electron chi connectivity index (χ3n) is 3.51. The zero-order valence-corrected chi connectivity index (χ0v) is 13.3. The molecule has 0 unspecified atom stereocenters. The van der Waals surface area contributed by atoms with Crippen LogP contribution in [0.2, 0.25) is 0 Å². The number of nitrogens with one attached hydrogen (secondary N) is 1. The van der Waals surface area contributed by atoms with Gasteiger partial charge in [0.2, 0.25) is 5.91 Å². The molecule has 0 aromatic heterocycles. The molecule has 1 amide bonds. The Morgan fingerprint density at radius 2 is 1.86 bits per heavy atom. The second-order valence-electron chi connectivity index (χ2n) is 6.51. The zero-order chi connectivity index (χ0) is 15.3. The van der Waals surface area contributed by atoms with Crippen LogP contribution in [0.3, 0.4) is 0 Å². The number of ether oxygens (including phenoxy) is 1. The van der Waals surface area contributed by atoms with E-state index in [-0.39, 0.29) is 18.1 Å². The van der Waals surface area contributed by atoms with Crippen molar-refractivity contribution in [3.63, 3.8) is 0 Å². The fourth-order valence-electron chi connectivity index (χ4n) is 2.46. The van der Waals surface area contributed by atoms with E-state index in [0.29, 0.717) is 0 Å². The van der Waals surface area contributed by atoms with E-state index in [1.54, 1.807) is 0 Å². The maximum absolute atomic E-state index is 12.0. The van der Waals surface area contributed by atoms with E-state index in [1.165, 1.54) is 19.3 Å². The molecule has 0 spiro atoms. The van der Waals surface area contributed by atoms with E-state index in [9.17, 15) is 4.79 Å². The number of amides is 1. The minimum atomic E-state index is -0.302. The number of anilines is 2. The fourth-order valence-corrected chi connectivity index (χ4v) is 2.46. The van der Waals surface area contributed by atoms with Crippen LogP contribution in [-0.4, -0.2) is 31.2 Å². The van der Waals surface area contributed by atoms with Crippen LogP contribution in [-0.2, 0) is 9.53 Å². The van der Waals surface area contributed by atoms with E-state index >= 15 is 0 Å². The molecule has 0 aliphatic carbocycles. The minimum absolute atomic E-state index is 0.0812. The Morgan fingerprint density at radius 1 is 1.19 bits per heavy atom. The van der Waals surface area contributed by atoms with Crippen molar-refractivity contribution in [3.8, 4) is 0 Å². The van der Waals surface area contributed by atoms with Gasteiger partial charge in [-0.3, -0.25) is 4.79 Å². The van der Waals surface area contributed by atoms with Gasteiger partial charge < -0.3 is 15.0 Å². The first-order valence-electron chi connectivity index (χ1n) is 7.73.